The Kier molecular flexibility index (Phi) is 3.43. The van der Waals surface area contributed by atoms with Crippen molar-refractivity contribution >= 4 is 23.1 Å². The van der Waals surface area contributed by atoms with Gasteiger partial charge in [0.15, 0.2) is 0 Å². The highest BCUT2D eigenvalue weighted by atomic mass is 15.1. The van der Waals surface area contributed by atoms with Crippen molar-refractivity contribution in [3.05, 3.63) is 67.0 Å². The zero-order valence-electron chi connectivity index (χ0n) is 11.5. The van der Waals surface area contributed by atoms with E-state index in [0.717, 1.165) is 28.1 Å². The lowest BCUT2D eigenvalue weighted by molar-refractivity contribution is 1.09. The summed E-state index contributed by atoms with van der Waals surface area (Å²) in [6.07, 6.45) is 5.47. The Morgan fingerprint density at radius 3 is 2.57 bits per heavy atom. The number of H-pyrrole nitrogens is 1. The Morgan fingerprint density at radius 1 is 1.10 bits per heavy atom. The van der Waals surface area contributed by atoms with Crippen molar-refractivity contribution in [1.29, 1.82) is 0 Å². The molecule has 3 rings (SSSR count). The predicted molar refractivity (Wildman–Crippen MR) is 88.3 cm³/mol. The van der Waals surface area contributed by atoms with Gasteiger partial charge in [0.05, 0.1) is 17.6 Å². The maximum Gasteiger partial charge on any atom is 0.0623 e. The largest absolute Gasteiger partial charge is 0.397 e. The van der Waals surface area contributed by atoms with Crippen molar-refractivity contribution < 1.29 is 0 Å². The molecule has 1 heterocycles. The van der Waals surface area contributed by atoms with Crippen LogP contribution in [-0.2, 0) is 0 Å². The van der Waals surface area contributed by atoms with Crippen LogP contribution in [0, 0.1) is 0 Å². The summed E-state index contributed by atoms with van der Waals surface area (Å²) in [5.74, 6) is 0. The van der Waals surface area contributed by atoms with Crippen LogP contribution in [0.3, 0.4) is 0 Å². The molecule has 1 aromatic heterocycles. The molecule has 0 bridgehead atoms. The fourth-order valence-electron chi connectivity index (χ4n) is 2.12. The quantitative estimate of drug-likeness (QED) is 0.630. The topological polar surface area (TPSA) is 66.7 Å². The van der Waals surface area contributed by atoms with Gasteiger partial charge in [-0.1, -0.05) is 30.9 Å². The van der Waals surface area contributed by atoms with E-state index in [-0.39, 0.29) is 0 Å². The molecule has 0 radical (unpaired) electrons. The van der Waals surface area contributed by atoms with E-state index < -0.39 is 0 Å². The SMILES string of the molecule is C=Cc1ccc(N)c(Nc2ccc(-c3cn[nH]c3)cc2)c1. The average molecular weight is 276 g/mol. The summed E-state index contributed by atoms with van der Waals surface area (Å²) in [6, 6.07) is 13.9. The standard InChI is InChI=1S/C17H16N4/c1-2-12-3-8-16(18)17(9-12)21-15-6-4-13(5-7-15)14-10-19-20-11-14/h2-11,21H,1,18H2,(H,19,20). The number of nitrogens with zero attached hydrogens (tertiary/aromatic N) is 1. The molecule has 0 saturated heterocycles. The number of aromatic amines is 1. The first kappa shape index (κ1) is 13.0. The van der Waals surface area contributed by atoms with E-state index in [9.17, 15) is 0 Å². The molecule has 0 spiro atoms. The minimum Gasteiger partial charge on any atom is -0.397 e. The number of benzene rings is 2. The molecule has 0 aliphatic rings. The van der Waals surface area contributed by atoms with Gasteiger partial charge in [-0.2, -0.15) is 5.10 Å². The first-order valence-corrected chi connectivity index (χ1v) is 6.64. The smallest absolute Gasteiger partial charge is 0.0623 e. The van der Waals surface area contributed by atoms with Gasteiger partial charge >= 0.3 is 0 Å². The predicted octanol–water partition coefficient (Wildman–Crippen LogP) is 4.05. The van der Waals surface area contributed by atoms with Crippen LogP contribution in [-0.4, -0.2) is 10.2 Å². The number of hydrogen-bond acceptors (Lipinski definition) is 3. The zero-order valence-corrected chi connectivity index (χ0v) is 11.5. The second kappa shape index (κ2) is 5.54. The Balaban J connectivity index is 1.84. The third-order valence-corrected chi connectivity index (χ3v) is 3.31. The van der Waals surface area contributed by atoms with Gasteiger partial charge in [-0.15, -0.1) is 0 Å². The van der Waals surface area contributed by atoms with Gasteiger partial charge in [0.2, 0.25) is 0 Å². The van der Waals surface area contributed by atoms with Crippen molar-refractivity contribution in [3.8, 4) is 11.1 Å². The van der Waals surface area contributed by atoms with Crippen LogP contribution in [0.2, 0.25) is 0 Å². The molecule has 0 unspecified atom stereocenters. The maximum atomic E-state index is 5.99. The van der Waals surface area contributed by atoms with E-state index in [4.69, 9.17) is 5.73 Å². The molecule has 4 heteroatoms. The lowest BCUT2D eigenvalue weighted by atomic mass is 10.1. The summed E-state index contributed by atoms with van der Waals surface area (Å²) in [5.41, 5.74) is 11.8. The monoisotopic (exact) mass is 276 g/mol. The second-order valence-electron chi connectivity index (χ2n) is 4.74. The highest BCUT2D eigenvalue weighted by Crippen LogP contribution is 2.26. The molecular formula is C17H16N4. The van der Waals surface area contributed by atoms with Crippen LogP contribution in [0.1, 0.15) is 5.56 Å². The summed E-state index contributed by atoms with van der Waals surface area (Å²) in [6.45, 7) is 3.77. The van der Waals surface area contributed by atoms with Crippen LogP contribution in [0.15, 0.2) is 61.4 Å². The second-order valence-corrected chi connectivity index (χ2v) is 4.74. The van der Waals surface area contributed by atoms with Gasteiger partial charge in [-0.3, -0.25) is 5.10 Å². The van der Waals surface area contributed by atoms with Gasteiger partial charge < -0.3 is 11.1 Å². The Bertz CT molecular complexity index is 743. The molecule has 21 heavy (non-hydrogen) atoms. The Morgan fingerprint density at radius 2 is 1.90 bits per heavy atom. The molecule has 0 atom stereocenters. The Labute approximate surface area is 123 Å². The van der Waals surface area contributed by atoms with Crippen molar-refractivity contribution in [2.24, 2.45) is 0 Å². The van der Waals surface area contributed by atoms with Gasteiger partial charge in [0.25, 0.3) is 0 Å². The van der Waals surface area contributed by atoms with Crippen molar-refractivity contribution in [3.63, 3.8) is 0 Å². The van der Waals surface area contributed by atoms with Gasteiger partial charge in [-0.25, -0.2) is 0 Å². The number of rotatable bonds is 4. The summed E-state index contributed by atoms with van der Waals surface area (Å²) >= 11 is 0. The van der Waals surface area contributed by atoms with E-state index in [0.29, 0.717) is 5.69 Å². The van der Waals surface area contributed by atoms with Crippen molar-refractivity contribution in [1.82, 2.24) is 10.2 Å². The molecule has 4 nitrogen and oxygen atoms in total. The summed E-state index contributed by atoms with van der Waals surface area (Å²) in [4.78, 5) is 0. The lowest BCUT2D eigenvalue weighted by Crippen LogP contribution is -1.96. The van der Waals surface area contributed by atoms with Crippen LogP contribution in [0.25, 0.3) is 17.2 Å². The van der Waals surface area contributed by atoms with Gasteiger partial charge in [0, 0.05) is 17.4 Å². The molecule has 0 fully saturated rings. The normalized spacial score (nSPS) is 10.3. The van der Waals surface area contributed by atoms with Gasteiger partial charge in [0.1, 0.15) is 0 Å². The third kappa shape index (κ3) is 2.79. The Hall–Kier alpha value is -3.01. The minimum absolute atomic E-state index is 0.708. The molecule has 0 aliphatic heterocycles. The van der Waals surface area contributed by atoms with Crippen LogP contribution < -0.4 is 11.1 Å². The van der Waals surface area contributed by atoms with Gasteiger partial charge in [-0.05, 0) is 35.4 Å². The van der Waals surface area contributed by atoms with Crippen LogP contribution in [0.4, 0.5) is 17.1 Å². The highest BCUT2D eigenvalue weighted by molar-refractivity contribution is 5.76. The number of nitrogen functional groups attached to an aromatic ring is 1. The third-order valence-electron chi connectivity index (χ3n) is 3.31. The van der Waals surface area contributed by atoms with E-state index >= 15 is 0 Å². The molecule has 0 saturated carbocycles. The van der Waals surface area contributed by atoms with Crippen molar-refractivity contribution in [2.45, 2.75) is 0 Å². The summed E-state index contributed by atoms with van der Waals surface area (Å²) in [7, 11) is 0. The fourth-order valence-corrected chi connectivity index (χ4v) is 2.12. The summed E-state index contributed by atoms with van der Waals surface area (Å²) < 4.78 is 0. The highest BCUT2D eigenvalue weighted by Gasteiger charge is 2.02. The molecular weight excluding hydrogens is 260 g/mol. The van der Waals surface area contributed by atoms with E-state index in [1.165, 1.54) is 0 Å². The van der Waals surface area contributed by atoms with Crippen LogP contribution in [0.5, 0.6) is 0 Å². The van der Waals surface area contributed by atoms with E-state index in [2.05, 4.69) is 22.1 Å². The van der Waals surface area contributed by atoms with Crippen molar-refractivity contribution in [2.75, 3.05) is 11.1 Å². The first-order chi connectivity index (χ1) is 10.3. The number of nitrogens with one attached hydrogen (secondary N) is 2. The molecule has 104 valence electrons. The number of nitrogens with two attached hydrogens (primary N) is 1. The zero-order chi connectivity index (χ0) is 14.7. The lowest BCUT2D eigenvalue weighted by Gasteiger charge is -2.10. The van der Waals surface area contributed by atoms with Crippen LogP contribution >= 0.6 is 0 Å². The number of aromatic nitrogens is 2. The first-order valence-electron chi connectivity index (χ1n) is 6.64. The summed E-state index contributed by atoms with van der Waals surface area (Å²) in [5, 5.41) is 10.1. The molecule has 4 N–H and O–H groups in total. The maximum absolute atomic E-state index is 5.99. The molecule has 2 aromatic carbocycles. The van der Waals surface area contributed by atoms with E-state index in [1.807, 2.05) is 48.7 Å². The minimum atomic E-state index is 0.708. The molecule has 0 amide bonds. The average Bonchev–Trinajstić information content (AvgIpc) is 3.04. The number of anilines is 3. The fraction of sp³-hybridized carbons (Fsp3) is 0. The molecule has 0 aliphatic carbocycles. The molecule has 3 aromatic rings. The van der Waals surface area contributed by atoms with E-state index in [1.54, 1.807) is 12.3 Å². The number of hydrogen-bond donors (Lipinski definition) is 3.